The minimum absolute atomic E-state index is 0.0717. The number of methoxy groups -OCH3 is 1. The highest BCUT2D eigenvalue weighted by Gasteiger charge is 2.19. The number of ether oxygens (including phenoxy) is 1. The van der Waals surface area contributed by atoms with E-state index < -0.39 is 10.0 Å². The third-order valence-corrected chi connectivity index (χ3v) is 5.89. The van der Waals surface area contributed by atoms with Gasteiger partial charge in [0.05, 0.1) is 4.90 Å². The minimum atomic E-state index is -3.70. The number of Topliss-reactive ketones (excluding diaryl/α,β-unsaturated/α-hetero) is 1. The Kier molecular flexibility index (Phi) is 5.69. The summed E-state index contributed by atoms with van der Waals surface area (Å²) in [6.07, 6.45) is -0.348. The van der Waals surface area contributed by atoms with Crippen molar-refractivity contribution in [3.8, 4) is 0 Å². The Hall–Kier alpha value is -1.54. The van der Waals surface area contributed by atoms with E-state index in [4.69, 9.17) is 4.74 Å². The van der Waals surface area contributed by atoms with Gasteiger partial charge in [0.15, 0.2) is 5.78 Å². The van der Waals surface area contributed by atoms with E-state index in [2.05, 4.69) is 4.72 Å². The summed E-state index contributed by atoms with van der Waals surface area (Å²) in [7, 11) is -2.15. The van der Waals surface area contributed by atoms with Crippen molar-refractivity contribution in [2.24, 2.45) is 0 Å². The number of nitrogens with one attached hydrogen (secondary N) is 1. The third kappa shape index (κ3) is 4.48. The van der Waals surface area contributed by atoms with Gasteiger partial charge >= 0.3 is 0 Å². The predicted molar refractivity (Wildman–Crippen MR) is 90.4 cm³/mol. The molecule has 1 N–H and O–H groups in total. The van der Waals surface area contributed by atoms with E-state index in [9.17, 15) is 13.2 Å². The van der Waals surface area contributed by atoms with Crippen LogP contribution < -0.4 is 4.72 Å². The first-order valence-corrected chi connectivity index (χ1v) is 9.33. The Bertz CT molecular complexity index is 796. The fourth-order valence-electron chi connectivity index (χ4n) is 2.08. The SMILES string of the molecule is COC(CNS(=O)(=O)c1cccc(C(C)=O)c1)c1ccc(C)s1. The van der Waals surface area contributed by atoms with Crippen LogP contribution in [0, 0.1) is 6.92 Å². The van der Waals surface area contributed by atoms with Crippen LogP contribution in [0.4, 0.5) is 0 Å². The molecule has 1 heterocycles. The molecule has 0 bridgehead atoms. The van der Waals surface area contributed by atoms with E-state index in [-0.39, 0.29) is 23.3 Å². The van der Waals surface area contributed by atoms with E-state index in [0.717, 1.165) is 9.75 Å². The summed E-state index contributed by atoms with van der Waals surface area (Å²) in [5.74, 6) is -0.175. The molecule has 0 aliphatic rings. The number of ketones is 1. The van der Waals surface area contributed by atoms with E-state index >= 15 is 0 Å². The molecule has 1 aromatic heterocycles. The molecule has 1 unspecified atom stereocenters. The van der Waals surface area contributed by atoms with E-state index in [1.807, 2.05) is 19.1 Å². The molecule has 124 valence electrons. The maximum Gasteiger partial charge on any atom is 0.240 e. The Balaban J connectivity index is 2.14. The molecule has 0 aliphatic carbocycles. The Morgan fingerprint density at radius 3 is 2.61 bits per heavy atom. The first-order valence-electron chi connectivity index (χ1n) is 7.03. The topological polar surface area (TPSA) is 72.5 Å². The Morgan fingerprint density at radius 1 is 1.30 bits per heavy atom. The zero-order valence-corrected chi connectivity index (χ0v) is 14.8. The van der Waals surface area contributed by atoms with Gasteiger partial charge in [0.1, 0.15) is 6.10 Å². The van der Waals surface area contributed by atoms with Crippen molar-refractivity contribution in [2.45, 2.75) is 24.8 Å². The normalized spacial score (nSPS) is 13.0. The second-order valence-electron chi connectivity index (χ2n) is 5.11. The van der Waals surface area contributed by atoms with Crippen molar-refractivity contribution in [3.63, 3.8) is 0 Å². The van der Waals surface area contributed by atoms with Gasteiger partial charge in [-0.2, -0.15) is 0 Å². The molecule has 2 rings (SSSR count). The minimum Gasteiger partial charge on any atom is -0.375 e. The lowest BCUT2D eigenvalue weighted by Gasteiger charge is -2.15. The van der Waals surface area contributed by atoms with Gasteiger partial charge in [-0.15, -0.1) is 11.3 Å². The van der Waals surface area contributed by atoms with Crippen molar-refractivity contribution in [2.75, 3.05) is 13.7 Å². The molecule has 0 spiro atoms. The molecule has 0 radical (unpaired) electrons. The molecule has 0 saturated heterocycles. The summed E-state index contributed by atoms with van der Waals surface area (Å²) < 4.78 is 32.7. The van der Waals surface area contributed by atoms with E-state index in [1.165, 1.54) is 19.1 Å². The quantitative estimate of drug-likeness (QED) is 0.777. The van der Waals surface area contributed by atoms with Crippen LogP contribution in [0.15, 0.2) is 41.3 Å². The standard InChI is InChI=1S/C16H19NO4S2/c1-11-7-8-16(22-11)15(21-3)10-17-23(19,20)14-6-4-5-13(9-14)12(2)18/h4-9,15,17H,10H2,1-3H3. The zero-order chi connectivity index (χ0) is 17.0. The smallest absolute Gasteiger partial charge is 0.240 e. The highest BCUT2D eigenvalue weighted by Crippen LogP contribution is 2.25. The van der Waals surface area contributed by atoms with E-state index in [1.54, 1.807) is 30.6 Å². The van der Waals surface area contributed by atoms with Gasteiger partial charge in [-0.05, 0) is 38.1 Å². The van der Waals surface area contributed by atoms with Crippen LogP contribution in [-0.2, 0) is 14.8 Å². The van der Waals surface area contributed by atoms with Crippen molar-refractivity contribution in [3.05, 3.63) is 51.7 Å². The summed E-state index contributed by atoms with van der Waals surface area (Å²) in [4.78, 5) is 13.6. The third-order valence-electron chi connectivity index (χ3n) is 3.37. The van der Waals surface area contributed by atoms with Crippen molar-refractivity contribution < 1.29 is 17.9 Å². The first kappa shape index (κ1) is 17.8. The number of aryl methyl sites for hydroxylation is 1. The Morgan fingerprint density at radius 2 is 2.04 bits per heavy atom. The number of hydrogen-bond acceptors (Lipinski definition) is 5. The molecular weight excluding hydrogens is 334 g/mol. The number of thiophene rings is 1. The largest absolute Gasteiger partial charge is 0.375 e. The van der Waals surface area contributed by atoms with Gasteiger partial charge in [0.25, 0.3) is 0 Å². The summed E-state index contributed by atoms with van der Waals surface area (Å²) in [5, 5.41) is 0. The fourth-order valence-corrected chi connectivity index (χ4v) is 4.11. The number of hydrogen-bond donors (Lipinski definition) is 1. The lowest BCUT2D eigenvalue weighted by Crippen LogP contribution is -2.29. The molecule has 1 atom stereocenters. The predicted octanol–water partition coefficient (Wildman–Crippen LogP) is 2.93. The molecule has 0 aliphatic heterocycles. The maximum atomic E-state index is 12.4. The van der Waals surface area contributed by atoms with Gasteiger partial charge in [-0.25, -0.2) is 13.1 Å². The monoisotopic (exact) mass is 353 g/mol. The van der Waals surface area contributed by atoms with Crippen LogP contribution in [0.1, 0.15) is 33.1 Å². The van der Waals surface area contributed by atoms with E-state index in [0.29, 0.717) is 5.56 Å². The van der Waals surface area contributed by atoms with Crippen molar-refractivity contribution >= 4 is 27.1 Å². The lowest BCUT2D eigenvalue weighted by molar-refractivity contribution is 0.101. The molecule has 5 nitrogen and oxygen atoms in total. The maximum absolute atomic E-state index is 12.4. The van der Waals surface area contributed by atoms with Gasteiger partial charge in [0, 0.05) is 29.0 Å². The average molecular weight is 353 g/mol. The van der Waals surface area contributed by atoms with Crippen molar-refractivity contribution in [1.82, 2.24) is 4.72 Å². The molecule has 1 aromatic carbocycles. The summed E-state index contributed by atoms with van der Waals surface area (Å²) in [5.41, 5.74) is 0.366. The van der Waals surface area contributed by atoms with Crippen LogP contribution in [0.2, 0.25) is 0 Å². The van der Waals surface area contributed by atoms with Crippen LogP contribution in [0.5, 0.6) is 0 Å². The number of benzene rings is 1. The first-order chi connectivity index (χ1) is 10.8. The molecule has 0 fully saturated rings. The van der Waals surface area contributed by atoms with Crippen LogP contribution in [0.25, 0.3) is 0 Å². The molecule has 7 heteroatoms. The molecule has 0 saturated carbocycles. The lowest BCUT2D eigenvalue weighted by atomic mass is 10.2. The van der Waals surface area contributed by atoms with Crippen molar-refractivity contribution in [1.29, 1.82) is 0 Å². The summed E-state index contributed by atoms with van der Waals surface area (Å²) in [6.45, 7) is 3.51. The number of sulfonamides is 1. The van der Waals surface area contributed by atoms with Crippen LogP contribution in [0.3, 0.4) is 0 Å². The van der Waals surface area contributed by atoms with Gasteiger partial charge in [0.2, 0.25) is 10.0 Å². The van der Waals surface area contributed by atoms with Gasteiger partial charge in [-0.1, -0.05) is 12.1 Å². The summed E-state index contributed by atoms with van der Waals surface area (Å²) in [6, 6.07) is 9.89. The van der Waals surface area contributed by atoms with Gasteiger partial charge in [-0.3, -0.25) is 4.79 Å². The highest BCUT2D eigenvalue weighted by molar-refractivity contribution is 7.89. The molecular formula is C16H19NO4S2. The molecule has 23 heavy (non-hydrogen) atoms. The Labute approximate surface area is 140 Å². The fraction of sp³-hybridized carbons (Fsp3) is 0.312. The second kappa shape index (κ2) is 7.35. The number of rotatable bonds is 7. The molecule has 2 aromatic rings. The number of carbonyl (C=O) groups is 1. The summed E-state index contributed by atoms with van der Waals surface area (Å²) >= 11 is 1.57. The average Bonchev–Trinajstić information content (AvgIpc) is 2.94. The number of carbonyl (C=O) groups excluding carboxylic acids is 1. The highest BCUT2D eigenvalue weighted by atomic mass is 32.2. The van der Waals surface area contributed by atoms with Crippen LogP contribution in [-0.4, -0.2) is 27.9 Å². The van der Waals surface area contributed by atoms with Gasteiger partial charge < -0.3 is 4.74 Å². The van der Waals surface area contributed by atoms with Crippen LogP contribution >= 0.6 is 11.3 Å². The second-order valence-corrected chi connectivity index (χ2v) is 8.20. The zero-order valence-electron chi connectivity index (χ0n) is 13.2. The molecule has 0 amide bonds.